The van der Waals surface area contributed by atoms with E-state index in [4.69, 9.17) is 0 Å². The normalized spacial score (nSPS) is 12.5. The first kappa shape index (κ1) is 14.1. The van der Waals surface area contributed by atoms with E-state index in [-0.39, 0.29) is 11.7 Å². The van der Waals surface area contributed by atoms with E-state index in [9.17, 15) is 4.79 Å². The van der Waals surface area contributed by atoms with Gasteiger partial charge in [-0.15, -0.1) is 0 Å². The van der Waals surface area contributed by atoms with Gasteiger partial charge in [0.05, 0.1) is 5.75 Å². The number of thiol groups is 1. The second-order valence-electron chi connectivity index (χ2n) is 4.21. The van der Waals surface area contributed by atoms with Crippen LogP contribution in [0.3, 0.4) is 0 Å². The molecular weight excluding hydrogens is 232 g/mol. The van der Waals surface area contributed by atoms with E-state index in [1.165, 1.54) is 5.56 Å². The third-order valence-electron chi connectivity index (χ3n) is 2.77. The summed E-state index contributed by atoms with van der Waals surface area (Å²) in [5.74, 6) is 0.225. The fourth-order valence-corrected chi connectivity index (χ4v) is 1.61. The van der Waals surface area contributed by atoms with Crippen molar-refractivity contribution in [3.8, 4) is 0 Å². The molecule has 0 bridgehead atoms. The highest BCUT2D eigenvalue weighted by Gasteiger charge is 2.10. The fraction of sp³-hybridized carbons (Fsp3) is 0.462. The Balaban J connectivity index is 2.37. The number of hydrogen-bond acceptors (Lipinski definition) is 3. The number of nitrogens with one attached hydrogen (secondary N) is 1. The van der Waals surface area contributed by atoms with Gasteiger partial charge in [0.2, 0.25) is 5.91 Å². The van der Waals surface area contributed by atoms with Crippen molar-refractivity contribution in [1.82, 2.24) is 10.2 Å². The number of carbonyl (C=O) groups excluding carboxylic acids is 1. The molecule has 1 unspecified atom stereocenters. The van der Waals surface area contributed by atoms with Crippen LogP contribution in [0.2, 0.25) is 0 Å². The highest BCUT2D eigenvalue weighted by atomic mass is 32.1. The Morgan fingerprint density at radius 2 is 2.06 bits per heavy atom. The van der Waals surface area contributed by atoms with Crippen LogP contribution in [0.15, 0.2) is 30.3 Å². The molecule has 0 saturated carbocycles. The average Bonchev–Trinajstić information content (AvgIpc) is 2.36. The Labute approximate surface area is 109 Å². The molecule has 0 heterocycles. The molecular formula is C13H20N2OS. The first-order valence-corrected chi connectivity index (χ1v) is 6.38. The zero-order chi connectivity index (χ0) is 12.7. The van der Waals surface area contributed by atoms with Crippen molar-refractivity contribution >= 4 is 18.5 Å². The van der Waals surface area contributed by atoms with Crippen molar-refractivity contribution in [3.63, 3.8) is 0 Å². The van der Waals surface area contributed by atoms with Crippen LogP contribution in [-0.2, 0) is 11.3 Å². The van der Waals surface area contributed by atoms with Gasteiger partial charge >= 0.3 is 0 Å². The molecule has 0 spiro atoms. The molecule has 0 aromatic heterocycles. The van der Waals surface area contributed by atoms with Crippen LogP contribution in [0.4, 0.5) is 0 Å². The van der Waals surface area contributed by atoms with Crippen LogP contribution in [0.1, 0.15) is 12.5 Å². The lowest BCUT2D eigenvalue weighted by Gasteiger charge is -2.24. The van der Waals surface area contributed by atoms with Crippen LogP contribution in [0.5, 0.6) is 0 Å². The van der Waals surface area contributed by atoms with Crippen LogP contribution in [0, 0.1) is 0 Å². The predicted molar refractivity (Wildman–Crippen MR) is 74.2 cm³/mol. The third kappa shape index (κ3) is 5.24. The molecule has 1 N–H and O–H groups in total. The molecule has 1 rings (SSSR count). The summed E-state index contributed by atoms with van der Waals surface area (Å²) in [7, 11) is 2.06. The summed E-state index contributed by atoms with van der Waals surface area (Å²) in [6, 6.07) is 10.6. The molecule has 94 valence electrons. The second-order valence-corrected chi connectivity index (χ2v) is 4.53. The number of benzene rings is 1. The van der Waals surface area contributed by atoms with E-state index >= 15 is 0 Å². The highest BCUT2D eigenvalue weighted by molar-refractivity contribution is 7.81. The van der Waals surface area contributed by atoms with Gasteiger partial charge in [0, 0.05) is 19.1 Å². The van der Waals surface area contributed by atoms with E-state index in [2.05, 4.69) is 48.9 Å². The van der Waals surface area contributed by atoms with Gasteiger partial charge in [0.1, 0.15) is 0 Å². The van der Waals surface area contributed by atoms with Crippen LogP contribution >= 0.6 is 12.6 Å². The summed E-state index contributed by atoms with van der Waals surface area (Å²) < 4.78 is 0. The molecule has 0 aliphatic rings. The monoisotopic (exact) mass is 252 g/mol. The summed E-state index contributed by atoms with van der Waals surface area (Å²) in [5.41, 5.74) is 1.28. The zero-order valence-corrected chi connectivity index (χ0v) is 11.3. The van der Waals surface area contributed by atoms with Crippen molar-refractivity contribution in [2.75, 3.05) is 19.3 Å². The van der Waals surface area contributed by atoms with Crippen molar-refractivity contribution in [1.29, 1.82) is 0 Å². The van der Waals surface area contributed by atoms with Gasteiger partial charge in [-0.1, -0.05) is 30.3 Å². The first-order valence-electron chi connectivity index (χ1n) is 5.75. The Kier molecular flexibility index (Phi) is 6.08. The SMILES string of the molecule is CC(CNC(=O)CS)N(C)Cc1ccccc1. The molecule has 0 fully saturated rings. The molecule has 1 aromatic carbocycles. The molecule has 3 nitrogen and oxygen atoms in total. The molecule has 0 radical (unpaired) electrons. The van der Waals surface area contributed by atoms with Gasteiger partial charge in [0.25, 0.3) is 0 Å². The van der Waals surface area contributed by atoms with E-state index in [0.717, 1.165) is 6.54 Å². The molecule has 0 saturated heterocycles. The second kappa shape index (κ2) is 7.35. The number of likely N-dealkylation sites (N-methyl/N-ethyl adjacent to an activating group) is 1. The fourth-order valence-electron chi connectivity index (χ4n) is 1.50. The standard InChI is InChI=1S/C13H20N2OS/c1-11(8-14-13(16)10-17)15(2)9-12-6-4-3-5-7-12/h3-7,11,17H,8-10H2,1-2H3,(H,14,16). The Hall–Kier alpha value is -1.00. The van der Waals surface area contributed by atoms with E-state index < -0.39 is 0 Å². The quantitative estimate of drug-likeness (QED) is 0.753. The maximum Gasteiger partial charge on any atom is 0.229 e. The van der Waals surface area contributed by atoms with Crippen LogP contribution in [-0.4, -0.2) is 36.2 Å². The lowest BCUT2D eigenvalue weighted by atomic mass is 10.2. The average molecular weight is 252 g/mol. The number of rotatable bonds is 6. The summed E-state index contributed by atoms with van der Waals surface area (Å²) in [6.45, 7) is 3.64. The van der Waals surface area contributed by atoms with Crippen LogP contribution in [0.25, 0.3) is 0 Å². The number of amides is 1. The minimum Gasteiger partial charge on any atom is -0.354 e. The van der Waals surface area contributed by atoms with Gasteiger partial charge in [0.15, 0.2) is 0 Å². The molecule has 1 amide bonds. The number of nitrogens with zero attached hydrogens (tertiary/aromatic N) is 1. The minimum atomic E-state index is -0.0201. The summed E-state index contributed by atoms with van der Waals surface area (Å²) in [6.07, 6.45) is 0. The van der Waals surface area contributed by atoms with Crippen molar-refractivity contribution in [2.24, 2.45) is 0 Å². The maximum absolute atomic E-state index is 11.1. The Bertz CT molecular complexity index is 343. The zero-order valence-electron chi connectivity index (χ0n) is 10.4. The summed E-state index contributed by atoms with van der Waals surface area (Å²) in [5, 5.41) is 2.84. The van der Waals surface area contributed by atoms with E-state index in [1.807, 2.05) is 18.2 Å². The first-order chi connectivity index (χ1) is 8.13. The van der Waals surface area contributed by atoms with Crippen LogP contribution < -0.4 is 5.32 Å². The number of carbonyl (C=O) groups is 1. The van der Waals surface area contributed by atoms with Crippen molar-refractivity contribution in [2.45, 2.75) is 19.5 Å². The van der Waals surface area contributed by atoms with Gasteiger partial charge in [-0.2, -0.15) is 12.6 Å². The molecule has 0 aliphatic carbocycles. The van der Waals surface area contributed by atoms with Gasteiger partial charge in [-0.3, -0.25) is 9.69 Å². The molecule has 0 aliphatic heterocycles. The van der Waals surface area contributed by atoms with Gasteiger partial charge in [-0.05, 0) is 19.5 Å². The molecule has 17 heavy (non-hydrogen) atoms. The third-order valence-corrected chi connectivity index (χ3v) is 3.05. The van der Waals surface area contributed by atoms with E-state index in [1.54, 1.807) is 0 Å². The van der Waals surface area contributed by atoms with Gasteiger partial charge < -0.3 is 5.32 Å². The Morgan fingerprint density at radius 1 is 1.41 bits per heavy atom. The van der Waals surface area contributed by atoms with Crippen molar-refractivity contribution < 1.29 is 4.79 Å². The predicted octanol–water partition coefficient (Wildman–Crippen LogP) is 1.55. The topological polar surface area (TPSA) is 32.3 Å². The largest absolute Gasteiger partial charge is 0.354 e. The van der Waals surface area contributed by atoms with Gasteiger partial charge in [-0.25, -0.2) is 0 Å². The summed E-state index contributed by atoms with van der Waals surface area (Å²) in [4.78, 5) is 13.3. The number of hydrogen-bond donors (Lipinski definition) is 2. The lowest BCUT2D eigenvalue weighted by Crippen LogP contribution is -2.40. The smallest absolute Gasteiger partial charge is 0.229 e. The lowest BCUT2D eigenvalue weighted by molar-refractivity contribution is -0.118. The van der Waals surface area contributed by atoms with E-state index in [0.29, 0.717) is 12.6 Å². The molecule has 4 heteroatoms. The Morgan fingerprint density at radius 3 is 2.65 bits per heavy atom. The highest BCUT2D eigenvalue weighted by Crippen LogP contribution is 2.05. The maximum atomic E-state index is 11.1. The summed E-state index contributed by atoms with van der Waals surface area (Å²) >= 11 is 3.92. The minimum absolute atomic E-state index is 0.0201. The van der Waals surface area contributed by atoms with Crippen molar-refractivity contribution in [3.05, 3.63) is 35.9 Å². The molecule has 1 atom stereocenters. The molecule has 1 aromatic rings.